The Balaban J connectivity index is 2.07. The molecule has 0 fully saturated rings. The Morgan fingerprint density at radius 1 is 1.20 bits per heavy atom. The molecule has 0 radical (unpaired) electrons. The van der Waals surface area contributed by atoms with Crippen LogP contribution in [0.2, 0.25) is 0 Å². The van der Waals surface area contributed by atoms with Crippen LogP contribution in [0.5, 0.6) is 0 Å². The largest absolute Gasteiger partial charge is 0.260 e. The number of fused-ring (bicyclic) bond motifs is 2. The summed E-state index contributed by atoms with van der Waals surface area (Å²) in [5.41, 5.74) is 3.97. The summed E-state index contributed by atoms with van der Waals surface area (Å²) in [6.07, 6.45) is 10.9. The van der Waals surface area contributed by atoms with Gasteiger partial charge in [0.15, 0.2) is 0 Å². The summed E-state index contributed by atoms with van der Waals surface area (Å²) in [6, 6.07) is 8.41. The molecule has 3 rings (SSSR count). The van der Waals surface area contributed by atoms with E-state index in [0.29, 0.717) is 5.92 Å². The van der Waals surface area contributed by atoms with E-state index >= 15 is 0 Å². The first kappa shape index (κ1) is 8.66. The Kier molecular flexibility index (Phi) is 2.02. The molecule has 1 atom stereocenters. The van der Waals surface area contributed by atoms with E-state index in [2.05, 4.69) is 53.7 Å². The van der Waals surface area contributed by atoms with E-state index in [-0.39, 0.29) is 0 Å². The molecule has 15 heavy (non-hydrogen) atoms. The fourth-order valence-corrected chi connectivity index (χ4v) is 2.21. The molecule has 0 saturated carbocycles. The molecule has 1 aliphatic heterocycles. The van der Waals surface area contributed by atoms with Gasteiger partial charge in [0.1, 0.15) is 0 Å². The topological polar surface area (TPSA) is 12.4 Å². The van der Waals surface area contributed by atoms with Crippen LogP contribution in [0.3, 0.4) is 0 Å². The van der Waals surface area contributed by atoms with Gasteiger partial charge in [-0.1, -0.05) is 42.0 Å². The van der Waals surface area contributed by atoms with Crippen molar-refractivity contribution in [3.63, 3.8) is 0 Å². The zero-order chi connectivity index (χ0) is 10.1. The third kappa shape index (κ3) is 1.54. The highest BCUT2D eigenvalue weighted by atomic mass is 14.7. The zero-order valence-electron chi connectivity index (χ0n) is 8.56. The number of para-hydroxylation sites is 1. The third-order valence-corrected chi connectivity index (χ3v) is 3.09. The van der Waals surface area contributed by atoms with E-state index < -0.39 is 0 Å². The lowest BCUT2D eigenvalue weighted by Gasteiger charge is -2.15. The van der Waals surface area contributed by atoms with Crippen molar-refractivity contribution in [2.75, 3.05) is 0 Å². The van der Waals surface area contributed by atoms with E-state index in [1.807, 2.05) is 0 Å². The molecule has 0 spiro atoms. The van der Waals surface area contributed by atoms with E-state index in [4.69, 9.17) is 0 Å². The first-order valence-electron chi connectivity index (χ1n) is 5.41. The number of hydrogen-bond donors (Lipinski definition) is 0. The highest BCUT2D eigenvalue weighted by Gasteiger charge is 2.17. The fraction of sp³-hybridized carbons (Fsp3) is 0.214. The summed E-state index contributed by atoms with van der Waals surface area (Å²) in [5.74, 6) is 0.516. The van der Waals surface area contributed by atoms with E-state index in [0.717, 1.165) is 18.5 Å². The molecule has 0 amide bonds. The molecule has 1 heteroatoms. The van der Waals surface area contributed by atoms with Gasteiger partial charge in [-0.25, -0.2) is 0 Å². The summed E-state index contributed by atoms with van der Waals surface area (Å²) < 4.78 is 0. The minimum atomic E-state index is 0.516. The molecule has 0 saturated heterocycles. The maximum Gasteiger partial charge on any atom is 0.0661 e. The number of allylic oxidation sites excluding steroid dienone is 4. The van der Waals surface area contributed by atoms with Crippen LogP contribution in [0.1, 0.15) is 12.0 Å². The normalized spacial score (nSPS) is 22.7. The predicted octanol–water partition coefficient (Wildman–Crippen LogP) is 3.45. The number of hydrogen-bond acceptors (Lipinski definition) is 1. The van der Waals surface area contributed by atoms with Crippen LogP contribution in [-0.4, -0.2) is 6.21 Å². The van der Waals surface area contributed by atoms with E-state index in [1.54, 1.807) is 0 Å². The smallest absolute Gasteiger partial charge is 0.0661 e. The average molecular weight is 195 g/mol. The van der Waals surface area contributed by atoms with Crippen LogP contribution in [0.25, 0.3) is 0 Å². The molecule has 0 N–H and O–H groups in total. The maximum atomic E-state index is 4.57. The first-order chi connectivity index (χ1) is 7.43. The van der Waals surface area contributed by atoms with Crippen molar-refractivity contribution < 1.29 is 0 Å². The van der Waals surface area contributed by atoms with Gasteiger partial charge < -0.3 is 0 Å². The van der Waals surface area contributed by atoms with Crippen LogP contribution in [-0.2, 0) is 6.42 Å². The highest BCUT2D eigenvalue weighted by Crippen LogP contribution is 2.30. The van der Waals surface area contributed by atoms with Crippen LogP contribution >= 0.6 is 0 Å². The molecule has 74 valence electrons. The molecule has 2 aliphatic rings. The predicted molar refractivity (Wildman–Crippen MR) is 63.6 cm³/mol. The maximum absolute atomic E-state index is 4.57. The number of aliphatic imine (C=N–C) groups is 1. The quantitative estimate of drug-likeness (QED) is 0.601. The molecule has 0 bridgehead atoms. The molecule has 1 nitrogen and oxygen atoms in total. The van der Waals surface area contributed by atoms with Crippen molar-refractivity contribution >= 4 is 11.9 Å². The van der Waals surface area contributed by atoms with Crippen molar-refractivity contribution in [1.29, 1.82) is 0 Å². The van der Waals surface area contributed by atoms with Gasteiger partial charge in [-0.2, -0.15) is 0 Å². The molecule has 0 aromatic heterocycles. The molecule has 1 aromatic carbocycles. The van der Waals surface area contributed by atoms with Gasteiger partial charge in [0, 0.05) is 12.1 Å². The standard InChI is InChI=1S/C14H13N/c1-2-7-13-10-15-14-8-4-3-6-12(14)9-11(13)5-1/h1-6,8,10,13H,7,9H2. The first-order valence-corrected chi connectivity index (χ1v) is 5.41. The second kappa shape index (κ2) is 3.50. The Bertz CT molecular complexity index is 466. The van der Waals surface area contributed by atoms with Gasteiger partial charge in [0.2, 0.25) is 0 Å². The van der Waals surface area contributed by atoms with Crippen LogP contribution < -0.4 is 0 Å². The Hall–Kier alpha value is -1.63. The van der Waals surface area contributed by atoms with Gasteiger partial charge in [-0.3, -0.25) is 4.99 Å². The molecular weight excluding hydrogens is 182 g/mol. The number of rotatable bonds is 0. The minimum absolute atomic E-state index is 0.516. The third-order valence-electron chi connectivity index (χ3n) is 3.09. The SMILES string of the molecule is C1=CCC2C=Nc3ccccc3CC2=C1. The highest BCUT2D eigenvalue weighted by molar-refractivity contribution is 5.73. The van der Waals surface area contributed by atoms with Crippen molar-refractivity contribution in [3.8, 4) is 0 Å². The monoisotopic (exact) mass is 195 g/mol. The van der Waals surface area contributed by atoms with Gasteiger partial charge in [-0.15, -0.1) is 0 Å². The van der Waals surface area contributed by atoms with Gasteiger partial charge in [0.05, 0.1) is 5.69 Å². The summed E-state index contributed by atoms with van der Waals surface area (Å²) in [5, 5.41) is 0. The lowest BCUT2D eigenvalue weighted by atomic mass is 9.89. The van der Waals surface area contributed by atoms with Crippen molar-refractivity contribution in [1.82, 2.24) is 0 Å². The minimum Gasteiger partial charge on any atom is -0.260 e. The summed E-state index contributed by atoms with van der Waals surface area (Å²) in [7, 11) is 0. The molecular formula is C14H13N. The fourth-order valence-electron chi connectivity index (χ4n) is 2.21. The van der Waals surface area contributed by atoms with E-state index in [9.17, 15) is 0 Å². The molecule has 1 unspecified atom stereocenters. The van der Waals surface area contributed by atoms with Crippen molar-refractivity contribution in [2.24, 2.45) is 10.9 Å². The van der Waals surface area contributed by atoms with Crippen LogP contribution in [0.4, 0.5) is 5.69 Å². The lowest BCUT2D eigenvalue weighted by molar-refractivity contribution is 0.799. The van der Waals surface area contributed by atoms with Gasteiger partial charge >= 0.3 is 0 Å². The number of benzene rings is 1. The Morgan fingerprint density at radius 2 is 2.13 bits per heavy atom. The molecule has 1 heterocycles. The summed E-state index contributed by atoms with van der Waals surface area (Å²) >= 11 is 0. The number of nitrogens with zero attached hydrogens (tertiary/aromatic N) is 1. The molecule has 1 aromatic rings. The Morgan fingerprint density at radius 3 is 3.13 bits per heavy atom. The zero-order valence-corrected chi connectivity index (χ0v) is 8.56. The lowest BCUT2D eigenvalue weighted by Crippen LogP contribution is -2.07. The van der Waals surface area contributed by atoms with Crippen LogP contribution in [0, 0.1) is 5.92 Å². The van der Waals surface area contributed by atoms with E-state index in [1.165, 1.54) is 11.1 Å². The summed E-state index contributed by atoms with van der Waals surface area (Å²) in [4.78, 5) is 4.57. The second-order valence-corrected chi connectivity index (χ2v) is 4.10. The Labute approximate surface area is 89.9 Å². The van der Waals surface area contributed by atoms with Gasteiger partial charge in [-0.05, 0) is 24.5 Å². The average Bonchev–Trinajstić information content (AvgIpc) is 2.48. The molecule has 1 aliphatic carbocycles. The van der Waals surface area contributed by atoms with Crippen molar-refractivity contribution in [2.45, 2.75) is 12.8 Å². The van der Waals surface area contributed by atoms with Crippen LogP contribution in [0.15, 0.2) is 53.1 Å². The summed E-state index contributed by atoms with van der Waals surface area (Å²) in [6.45, 7) is 0. The van der Waals surface area contributed by atoms with Gasteiger partial charge in [0.25, 0.3) is 0 Å². The van der Waals surface area contributed by atoms with Crippen molar-refractivity contribution in [3.05, 3.63) is 53.6 Å². The second-order valence-electron chi connectivity index (χ2n) is 4.10.